The van der Waals surface area contributed by atoms with Crippen LogP contribution in [0.4, 0.5) is 0 Å². The van der Waals surface area contributed by atoms with Gasteiger partial charge in [0.05, 0.1) is 12.2 Å². The molecular weight excluding hydrogens is 493 g/mol. The second-order valence-corrected chi connectivity index (χ2v) is 7.05. The van der Waals surface area contributed by atoms with Gasteiger partial charge in [-0.05, 0) is 37.6 Å². The monoisotopic (exact) mass is 521 g/mol. The number of rotatable bonds is 6. The van der Waals surface area contributed by atoms with Crippen molar-refractivity contribution in [3.8, 4) is 11.5 Å². The van der Waals surface area contributed by atoms with Crippen molar-refractivity contribution < 1.29 is 9.47 Å². The van der Waals surface area contributed by atoms with Gasteiger partial charge >= 0.3 is 0 Å². The van der Waals surface area contributed by atoms with Gasteiger partial charge in [0, 0.05) is 31.9 Å². The Morgan fingerprint density at radius 3 is 2.83 bits per heavy atom. The number of nitrogens with one attached hydrogen (secondary N) is 2. The number of fused-ring (bicyclic) bond motifs is 2. The molecule has 0 saturated carbocycles. The normalized spacial score (nSPS) is 15.5. The Morgan fingerprint density at radius 2 is 2.03 bits per heavy atom. The summed E-state index contributed by atoms with van der Waals surface area (Å²) >= 11 is 0. The van der Waals surface area contributed by atoms with Crippen LogP contribution in [0.5, 0.6) is 11.5 Å². The fourth-order valence-corrected chi connectivity index (χ4v) is 3.32. The van der Waals surface area contributed by atoms with Gasteiger partial charge in [0.1, 0.15) is 12.3 Å². The molecule has 2 N–H and O–H groups in total. The van der Waals surface area contributed by atoms with E-state index in [2.05, 4.69) is 46.1 Å². The Morgan fingerprint density at radius 1 is 1.20 bits per heavy atom. The summed E-state index contributed by atoms with van der Waals surface area (Å²) in [6, 6.07) is 11.8. The second-order valence-electron chi connectivity index (χ2n) is 7.05. The summed E-state index contributed by atoms with van der Waals surface area (Å²) in [6.45, 7) is 6.70. The van der Waals surface area contributed by atoms with Gasteiger partial charge in [-0.25, -0.2) is 9.98 Å². The van der Waals surface area contributed by atoms with Crippen molar-refractivity contribution in [3.63, 3.8) is 0 Å². The summed E-state index contributed by atoms with van der Waals surface area (Å²) in [7, 11) is 0. The number of halogens is 1. The van der Waals surface area contributed by atoms with Gasteiger partial charge in [-0.15, -0.1) is 24.0 Å². The minimum atomic E-state index is -0.0956. The van der Waals surface area contributed by atoms with Crippen LogP contribution in [-0.4, -0.2) is 47.7 Å². The van der Waals surface area contributed by atoms with Gasteiger partial charge in [-0.3, -0.25) is 0 Å². The molecule has 160 valence electrons. The van der Waals surface area contributed by atoms with Crippen LogP contribution in [0.25, 0.3) is 5.65 Å². The number of pyridine rings is 1. The molecular formula is C22H28IN5O2. The number of hydrogen-bond donors (Lipinski definition) is 2. The molecule has 0 fully saturated rings. The first-order chi connectivity index (χ1) is 14.2. The molecule has 3 aromatic rings. The Labute approximate surface area is 193 Å². The lowest BCUT2D eigenvalue weighted by atomic mass is 10.2. The summed E-state index contributed by atoms with van der Waals surface area (Å²) in [5.41, 5.74) is 3.25. The highest BCUT2D eigenvalue weighted by molar-refractivity contribution is 14.0. The molecule has 1 aliphatic heterocycles. The largest absolute Gasteiger partial charge is 0.486 e. The smallest absolute Gasteiger partial charge is 0.191 e. The van der Waals surface area contributed by atoms with Crippen molar-refractivity contribution in [3.05, 3.63) is 60.0 Å². The minimum Gasteiger partial charge on any atom is -0.486 e. The van der Waals surface area contributed by atoms with Crippen molar-refractivity contribution in [2.45, 2.75) is 26.4 Å². The topological polar surface area (TPSA) is 72.2 Å². The molecule has 0 radical (unpaired) electrons. The molecule has 0 amide bonds. The molecule has 0 saturated heterocycles. The van der Waals surface area contributed by atoms with Crippen LogP contribution in [0.1, 0.15) is 18.2 Å². The van der Waals surface area contributed by atoms with Crippen molar-refractivity contribution in [2.75, 3.05) is 26.2 Å². The van der Waals surface area contributed by atoms with E-state index in [1.807, 2.05) is 36.5 Å². The van der Waals surface area contributed by atoms with Gasteiger partial charge in [0.2, 0.25) is 0 Å². The standard InChI is InChI=1S/C22H27N5O2.HI/c1-3-23-22(25-13-18-15-28-19-8-4-5-9-20(19)29-18)24-11-10-17-14-27-12-6-7-16(2)21(27)26-17;/h4-9,12,14,18H,3,10-11,13,15H2,1-2H3,(H2,23,24,25);1H. The molecule has 0 bridgehead atoms. The van der Waals surface area contributed by atoms with Crippen molar-refractivity contribution in [2.24, 2.45) is 4.99 Å². The Bertz CT molecular complexity index is 1000. The number of guanidine groups is 1. The molecule has 7 nitrogen and oxygen atoms in total. The zero-order chi connectivity index (χ0) is 20.1. The van der Waals surface area contributed by atoms with E-state index in [1.165, 1.54) is 5.56 Å². The number of aryl methyl sites for hydroxylation is 1. The minimum absolute atomic E-state index is 0. The third-order valence-electron chi connectivity index (χ3n) is 4.77. The first-order valence-corrected chi connectivity index (χ1v) is 10.1. The molecule has 3 heterocycles. The van der Waals surface area contributed by atoms with E-state index < -0.39 is 0 Å². The van der Waals surface area contributed by atoms with E-state index in [0.29, 0.717) is 13.2 Å². The van der Waals surface area contributed by atoms with Crippen molar-refractivity contribution in [1.82, 2.24) is 20.0 Å². The number of hydrogen-bond acceptors (Lipinski definition) is 4. The Balaban J connectivity index is 0.00000256. The van der Waals surface area contributed by atoms with Crippen LogP contribution in [0, 0.1) is 6.92 Å². The summed E-state index contributed by atoms with van der Waals surface area (Å²) in [6.07, 6.45) is 4.84. The van der Waals surface area contributed by atoms with Crippen LogP contribution >= 0.6 is 24.0 Å². The molecule has 8 heteroatoms. The second kappa shape index (κ2) is 10.5. The van der Waals surface area contributed by atoms with Crippen LogP contribution in [0.15, 0.2) is 53.8 Å². The zero-order valence-electron chi connectivity index (χ0n) is 17.3. The Kier molecular flexibility index (Phi) is 7.78. The van der Waals surface area contributed by atoms with E-state index in [4.69, 9.17) is 14.5 Å². The van der Waals surface area contributed by atoms with E-state index in [-0.39, 0.29) is 30.1 Å². The molecule has 30 heavy (non-hydrogen) atoms. The van der Waals surface area contributed by atoms with Crippen LogP contribution < -0.4 is 20.1 Å². The van der Waals surface area contributed by atoms with E-state index in [9.17, 15) is 0 Å². The lowest BCUT2D eigenvalue weighted by Gasteiger charge is -2.25. The van der Waals surface area contributed by atoms with Gasteiger partial charge in [0.15, 0.2) is 23.6 Å². The number of ether oxygens (including phenoxy) is 2. The number of para-hydroxylation sites is 2. The lowest BCUT2D eigenvalue weighted by Crippen LogP contribution is -2.40. The quantitative estimate of drug-likeness (QED) is 0.296. The van der Waals surface area contributed by atoms with Crippen LogP contribution in [-0.2, 0) is 6.42 Å². The molecule has 1 aliphatic rings. The third kappa shape index (κ3) is 5.35. The first kappa shape index (κ1) is 22.2. The maximum absolute atomic E-state index is 5.98. The van der Waals surface area contributed by atoms with E-state index in [1.54, 1.807) is 0 Å². The highest BCUT2D eigenvalue weighted by atomic mass is 127. The number of aliphatic imine (C=N–C) groups is 1. The number of aromatic nitrogens is 2. The summed E-state index contributed by atoms with van der Waals surface area (Å²) in [5, 5.41) is 6.66. The summed E-state index contributed by atoms with van der Waals surface area (Å²) < 4.78 is 13.8. The van der Waals surface area contributed by atoms with Gasteiger partial charge in [0.25, 0.3) is 0 Å². The lowest BCUT2D eigenvalue weighted by molar-refractivity contribution is 0.0971. The van der Waals surface area contributed by atoms with Crippen LogP contribution in [0.3, 0.4) is 0 Å². The summed E-state index contributed by atoms with van der Waals surface area (Å²) in [5.74, 6) is 2.34. The molecule has 1 aromatic carbocycles. The van der Waals surface area contributed by atoms with E-state index >= 15 is 0 Å². The Hall–Kier alpha value is -2.49. The number of imidazole rings is 1. The fraction of sp³-hybridized carbons (Fsp3) is 0.364. The zero-order valence-corrected chi connectivity index (χ0v) is 19.6. The third-order valence-corrected chi connectivity index (χ3v) is 4.77. The van der Waals surface area contributed by atoms with Crippen molar-refractivity contribution >= 4 is 35.6 Å². The predicted octanol–water partition coefficient (Wildman–Crippen LogP) is 3.20. The molecule has 0 aliphatic carbocycles. The average Bonchev–Trinajstić information content (AvgIpc) is 3.16. The van der Waals surface area contributed by atoms with Gasteiger partial charge in [-0.1, -0.05) is 18.2 Å². The maximum atomic E-state index is 5.98. The number of nitrogens with zero attached hydrogens (tertiary/aromatic N) is 3. The fourth-order valence-electron chi connectivity index (χ4n) is 3.32. The molecule has 1 unspecified atom stereocenters. The molecule has 2 aromatic heterocycles. The average molecular weight is 521 g/mol. The highest BCUT2D eigenvalue weighted by Crippen LogP contribution is 2.30. The molecule has 4 rings (SSSR count). The van der Waals surface area contributed by atoms with Gasteiger partial charge in [-0.2, -0.15) is 0 Å². The number of benzene rings is 1. The SMILES string of the molecule is CCNC(=NCC1COc2ccccc2O1)NCCc1cn2cccc(C)c2n1.I. The molecule has 1 atom stereocenters. The first-order valence-electron chi connectivity index (χ1n) is 10.1. The maximum Gasteiger partial charge on any atom is 0.191 e. The van der Waals surface area contributed by atoms with Gasteiger partial charge < -0.3 is 24.5 Å². The predicted molar refractivity (Wildman–Crippen MR) is 129 cm³/mol. The summed E-state index contributed by atoms with van der Waals surface area (Å²) in [4.78, 5) is 9.38. The highest BCUT2D eigenvalue weighted by Gasteiger charge is 2.20. The van der Waals surface area contributed by atoms with Crippen molar-refractivity contribution in [1.29, 1.82) is 0 Å². The van der Waals surface area contributed by atoms with E-state index in [0.717, 1.165) is 48.3 Å². The molecule has 0 spiro atoms. The van der Waals surface area contributed by atoms with Crippen LogP contribution in [0.2, 0.25) is 0 Å².